The van der Waals surface area contributed by atoms with E-state index in [4.69, 9.17) is 5.11 Å². The molecule has 0 saturated carbocycles. The highest BCUT2D eigenvalue weighted by molar-refractivity contribution is 4.64. The molecule has 0 radical (unpaired) electrons. The third-order valence-electron chi connectivity index (χ3n) is 0.777. The molecular weight excluding hydrogens is 213 g/mol. The molecule has 0 fully saturated rings. The zero-order chi connectivity index (χ0) is 10.9. The number of halogens is 7. The molecule has 0 aromatic rings. The highest BCUT2D eigenvalue weighted by Gasteiger charge is 2.58. The van der Waals surface area contributed by atoms with Gasteiger partial charge in [0.1, 0.15) is 6.61 Å². The van der Waals surface area contributed by atoms with Crippen LogP contribution in [0, 0.1) is 0 Å². The number of hydrogen-bond acceptors (Lipinski definition) is 2. The summed E-state index contributed by atoms with van der Waals surface area (Å²) in [4.78, 5) is 0. The molecule has 0 spiro atoms. The zero-order valence-corrected chi connectivity index (χ0v) is 5.71. The van der Waals surface area contributed by atoms with Crippen molar-refractivity contribution in [2.24, 2.45) is 0 Å². The molecule has 0 aliphatic heterocycles. The van der Waals surface area contributed by atoms with Crippen molar-refractivity contribution in [3.63, 3.8) is 0 Å². The maximum absolute atomic E-state index is 11.8. The Balaban J connectivity index is 4.21. The molecule has 2 nitrogen and oxygen atoms in total. The number of aliphatic hydroxyl groups is 1. The molecule has 80 valence electrons. The fourth-order valence-electron chi connectivity index (χ4n) is 0.259. The van der Waals surface area contributed by atoms with Gasteiger partial charge in [-0.15, -0.1) is 0 Å². The van der Waals surface area contributed by atoms with Crippen molar-refractivity contribution in [3.05, 3.63) is 0 Å². The highest BCUT2D eigenvalue weighted by Crippen LogP contribution is 2.33. The largest absolute Gasteiger partial charge is 0.477 e. The Bertz CT molecular complexity index is 168. The van der Waals surface area contributed by atoms with Gasteiger partial charge in [-0.2, -0.15) is 30.7 Å². The lowest BCUT2D eigenvalue weighted by molar-refractivity contribution is -0.435. The van der Waals surface area contributed by atoms with Gasteiger partial charge in [0.2, 0.25) is 0 Å². The van der Waals surface area contributed by atoms with Crippen molar-refractivity contribution in [1.82, 2.24) is 0 Å². The van der Waals surface area contributed by atoms with Gasteiger partial charge in [0, 0.05) is 0 Å². The SMILES string of the molecule is OC(F)(OCC(F)(F)F)C(F)(F)F. The van der Waals surface area contributed by atoms with Crippen LogP contribution in [0.4, 0.5) is 30.7 Å². The van der Waals surface area contributed by atoms with Gasteiger partial charge in [0.05, 0.1) is 0 Å². The third-order valence-corrected chi connectivity index (χ3v) is 0.777. The van der Waals surface area contributed by atoms with Gasteiger partial charge < -0.3 is 9.84 Å². The average molecular weight is 216 g/mol. The van der Waals surface area contributed by atoms with E-state index in [2.05, 4.69) is 4.74 Å². The van der Waals surface area contributed by atoms with E-state index < -0.39 is 25.0 Å². The van der Waals surface area contributed by atoms with E-state index in [1.54, 1.807) is 0 Å². The molecule has 13 heavy (non-hydrogen) atoms. The normalized spacial score (nSPS) is 18.5. The summed E-state index contributed by atoms with van der Waals surface area (Å²) < 4.78 is 81.9. The zero-order valence-electron chi connectivity index (χ0n) is 5.71. The Morgan fingerprint density at radius 1 is 0.923 bits per heavy atom. The molecule has 0 aliphatic carbocycles. The lowest BCUT2D eigenvalue weighted by atomic mass is 10.5. The Morgan fingerprint density at radius 2 is 1.31 bits per heavy atom. The summed E-state index contributed by atoms with van der Waals surface area (Å²) in [5.41, 5.74) is 0. The summed E-state index contributed by atoms with van der Waals surface area (Å²) in [6.45, 7) is -2.53. The topological polar surface area (TPSA) is 29.5 Å². The van der Waals surface area contributed by atoms with Crippen LogP contribution < -0.4 is 0 Å². The lowest BCUT2D eigenvalue weighted by Crippen LogP contribution is -2.45. The van der Waals surface area contributed by atoms with Crippen LogP contribution >= 0.6 is 0 Å². The van der Waals surface area contributed by atoms with E-state index in [1.807, 2.05) is 0 Å². The molecule has 0 saturated heterocycles. The summed E-state index contributed by atoms with van der Waals surface area (Å²) in [6, 6.07) is -5.28. The molecule has 0 bridgehead atoms. The van der Waals surface area contributed by atoms with Crippen LogP contribution in [0.25, 0.3) is 0 Å². The van der Waals surface area contributed by atoms with E-state index in [-0.39, 0.29) is 0 Å². The molecule has 0 rings (SSSR count). The van der Waals surface area contributed by atoms with Crippen LogP contribution in [0.5, 0.6) is 0 Å². The van der Waals surface area contributed by atoms with E-state index in [0.717, 1.165) is 0 Å². The Kier molecular flexibility index (Phi) is 3.15. The lowest BCUT2D eigenvalue weighted by Gasteiger charge is -2.22. The smallest absolute Gasteiger partial charge is 0.333 e. The number of hydrogen-bond donors (Lipinski definition) is 1. The molecule has 1 unspecified atom stereocenters. The Hall–Kier alpha value is -0.570. The summed E-state index contributed by atoms with van der Waals surface area (Å²) in [5.74, 6) is 0. The predicted molar refractivity (Wildman–Crippen MR) is 24.1 cm³/mol. The first kappa shape index (κ1) is 12.4. The molecule has 0 aliphatic rings. The number of ether oxygens (including phenoxy) is 1. The maximum atomic E-state index is 11.8. The van der Waals surface area contributed by atoms with Crippen molar-refractivity contribution in [2.45, 2.75) is 18.4 Å². The van der Waals surface area contributed by atoms with Gasteiger partial charge >= 0.3 is 18.4 Å². The van der Waals surface area contributed by atoms with Crippen molar-refractivity contribution in [1.29, 1.82) is 0 Å². The fraction of sp³-hybridized carbons (Fsp3) is 1.00. The number of rotatable bonds is 2. The van der Waals surface area contributed by atoms with Crippen LogP contribution in [0.15, 0.2) is 0 Å². The quantitative estimate of drug-likeness (QED) is 0.562. The van der Waals surface area contributed by atoms with Crippen molar-refractivity contribution < 1.29 is 40.6 Å². The second kappa shape index (κ2) is 3.29. The highest BCUT2D eigenvalue weighted by atomic mass is 19.4. The molecule has 9 heteroatoms. The Labute approximate surface area is 66.9 Å². The molecule has 1 atom stereocenters. The van der Waals surface area contributed by atoms with Crippen molar-refractivity contribution in [3.8, 4) is 0 Å². The van der Waals surface area contributed by atoms with Gasteiger partial charge in [0.25, 0.3) is 0 Å². The van der Waals surface area contributed by atoms with Gasteiger partial charge in [-0.05, 0) is 0 Å². The number of alkyl halides is 7. The second-order valence-corrected chi connectivity index (χ2v) is 1.96. The van der Waals surface area contributed by atoms with Crippen LogP contribution in [0.2, 0.25) is 0 Å². The van der Waals surface area contributed by atoms with Gasteiger partial charge in [-0.3, -0.25) is 0 Å². The van der Waals surface area contributed by atoms with Gasteiger partial charge in [-0.1, -0.05) is 0 Å². The van der Waals surface area contributed by atoms with E-state index >= 15 is 0 Å². The van der Waals surface area contributed by atoms with E-state index in [9.17, 15) is 30.7 Å². The first-order chi connectivity index (χ1) is 5.46. The van der Waals surface area contributed by atoms with Gasteiger partial charge in [-0.25, -0.2) is 0 Å². The summed E-state index contributed by atoms with van der Waals surface area (Å²) in [7, 11) is 0. The van der Waals surface area contributed by atoms with Crippen LogP contribution in [-0.4, -0.2) is 30.1 Å². The molecule has 0 amide bonds. The Morgan fingerprint density at radius 3 is 1.54 bits per heavy atom. The first-order valence-electron chi connectivity index (χ1n) is 2.64. The monoisotopic (exact) mass is 216 g/mol. The van der Waals surface area contributed by atoms with Crippen molar-refractivity contribution in [2.75, 3.05) is 6.61 Å². The molecular formula is C4H3F7O2. The fourth-order valence-corrected chi connectivity index (χ4v) is 0.259. The summed E-state index contributed by atoms with van der Waals surface area (Å²) >= 11 is 0. The van der Waals surface area contributed by atoms with Crippen LogP contribution in [-0.2, 0) is 4.74 Å². The molecule has 0 heterocycles. The minimum Gasteiger partial charge on any atom is -0.333 e. The standard InChI is InChI=1S/C4H3F7O2/c5-2(6,7)1-13-4(11,12)3(8,9)10/h12H,1H2. The van der Waals surface area contributed by atoms with Crippen LogP contribution in [0.3, 0.4) is 0 Å². The minimum absolute atomic E-state index is 2.53. The van der Waals surface area contributed by atoms with E-state index in [1.165, 1.54) is 0 Å². The van der Waals surface area contributed by atoms with E-state index in [0.29, 0.717) is 0 Å². The summed E-state index contributed by atoms with van der Waals surface area (Å²) in [5, 5.41) is 7.70. The van der Waals surface area contributed by atoms with Gasteiger partial charge in [0.15, 0.2) is 0 Å². The first-order valence-corrected chi connectivity index (χ1v) is 2.64. The minimum atomic E-state index is -5.92. The molecule has 0 aromatic carbocycles. The predicted octanol–water partition coefficient (Wildman–Crippen LogP) is 1.74. The molecule has 0 aromatic heterocycles. The third kappa shape index (κ3) is 4.27. The molecule has 1 N–H and O–H groups in total. The van der Waals surface area contributed by atoms with Crippen LogP contribution in [0.1, 0.15) is 0 Å². The van der Waals surface area contributed by atoms with Crippen molar-refractivity contribution >= 4 is 0 Å². The summed E-state index contributed by atoms with van der Waals surface area (Å²) in [6.07, 6.45) is -11.1. The second-order valence-electron chi connectivity index (χ2n) is 1.96. The maximum Gasteiger partial charge on any atom is 0.477 e. The average Bonchev–Trinajstić information content (AvgIpc) is 1.79.